The van der Waals surface area contributed by atoms with Crippen molar-refractivity contribution in [3.05, 3.63) is 24.3 Å². The summed E-state index contributed by atoms with van der Waals surface area (Å²) in [5.41, 5.74) is 1.56. The van der Waals surface area contributed by atoms with E-state index in [2.05, 4.69) is 0 Å². The van der Waals surface area contributed by atoms with Gasteiger partial charge in [-0.15, -0.1) is 0 Å². The van der Waals surface area contributed by atoms with Gasteiger partial charge in [-0.05, 0) is 0 Å². The molecule has 92 valence electrons. The maximum absolute atomic E-state index is 5.97. The van der Waals surface area contributed by atoms with E-state index in [1.165, 1.54) is 0 Å². The Morgan fingerprint density at radius 2 is 1.12 bits per heavy atom. The quantitative estimate of drug-likeness (QED) is 0.664. The molecule has 0 radical (unpaired) electrons. The zero-order valence-corrected chi connectivity index (χ0v) is 14.3. The Kier molecular flexibility index (Phi) is 4.26. The van der Waals surface area contributed by atoms with Gasteiger partial charge in [-0.25, -0.2) is 0 Å². The molecular formula is C6H4B2Cl6N2Se. The van der Waals surface area contributed by atoms with E-state index in [1.807, 2.05) is 24.3 Å². The molecule has 1 heterocycles. The van der Waals surface area contributed by atoms with Crippen molar-refractivity contribution < 1.29 is 6.95 Å². The van der Waals surface area contributed by atoms with E-state index >= 15 is 0 Å². The Labute approximate surface area is 134 Å². The Balaban J connectivity index is 2.81. The molecule has 17 heavy (non-hydrogen) atoms. The number of benzene rings is 1. The van der Waals surface area contributed by atoms with Crippen LogP contribution in [0.5, 0.6) is 0 Å². The van der Waals surface area contributed by atoms with Crippen LogP contribution < -0.4 is 6.95 Å². The van der Waals surface area contributed by atoms with Gasteiger partial charge in [-0.2, -0.15) is 0 Å². The van der Waals surface area contributed by atoms with Crippen molar-refractivity contribution in [3.8, 4) is 0 Å². The molecule has 0 bridgehead atoms. The molecule has 0 aliphatic heterocycles. The van der Waals surface area contributed by atoms with Crippen LogP contribution in [0.25, 0.3) is 11.0 Å². The number of rotatable bonds is 2. The first-order valence-corrected chi connectivity index (χ1v) is 8.62. The standard InChI is InChI=1S/C6H4B2Cl6N2Se/c9-7(10,11)15-5-3-1-2-4-6(5)16(17-15)8(12,13)14/h1-4H. The van der Waals surface area contributed by atoms with Crippen molar-refractivity contribution in [3.63, 3.8) is 0 Å². The van der Waals surface area contributed by atoms with E-state index in [0.29, 0.717) is 0 Å². The van der Waals surface area contributed by atoms with E-state index < -0.39 is 9.05 Å². The molecule has 0 aliphatic rings. The number of hydrogen-bond acceptors (Lipinski definition) is 0. The molecule has 0 saturated carbocycles. The topological polar surface area (TPSA) is 7.76 Å². The molecule has 0 saturated heterocycles. The van der Waals surface area contributed by atoms with E-state index in [9.17, 15) is 0 Å². The fourth-order valence-electron chi connectivity index (χ4n) is 1.44. The molecule has 0 N–H and O–H groups in total. The van der Waals surface area contributed by atoms with E-state index in [1.54, 1.807) is 6.95 Å². The zero-order chi connectivity index (χ0) is 12.8. The maximum atomic E-state index is 5.97. The minimum absolute atomic E-state index is 0.389. The molecule has 11 heteroatoms. The summed E-state index contributed by atoms with van der Waals surface area (Å²) in [7, 11) is 0. The number of aromatic nitrogens is 2. The summed E-state index contributed by atoms with van der Waals surface area (Å²) in [5, 5.41) is 0. The molecule has 0 atom stereocenters. The van der Waals surface area contributed by atoms with Crippen molar-refractivity contribution in [2.45, 2.75) is 0 Å². The monoisotopic (exact) mass is 416 g/mol. The van der Waals surface area contributed by atoms with Gasteiger partial charge in [-0.3, -0.25) is 0 Å². The number of halogens is 6. The summed E-state index contributed by atoms with van der Waals surface area (Å²) >= 11 is 35.4. The van der Waals surface area contributed by atoms with Crippen LogP contribution in [0.15, 0.2) is 24.3 Å². The Morgan fingerprint density at radius 3 is 1.41 bits per heavy atom. The predicted molar refractivity (Wildman–Crippen MR) is 78.7 cm³/mol. The molecule has 0 spiro atoms. The Bertz CT molecular complexity index is 514. The number of nitrogens with zero attached hydrogens (tertiary/aromatic N) is 2. The number of fused-ring (bicyclic) bond motifs is 1. The van der Waals surface area contributed by atoms with Crippen LogP contribution in [-0.2, 0) is 0 Å². The predicted octanol–water partition coefficient (Wildman–Crippen LogP) is 2.47. The van der Waals surface area contributed by atoms with Crippen LogP contribution >= 0.6 is 68.8 Å². The van der Waals surface area contributed by atoms with Crippen LogP contribution in [0.1, 0.15) is 0 Å². The molecule has 0 unspecified atom stereocenters. The van der Waals surface area contributed by atoms with E-state index in [0.717, 1.165) is 11.0 Å². The molecule has 2 nitrogen and oxygen atoms in total. The normalized spacial score (nSPS) is 13.3. The molecule has 1 aromatic carbocycles. The van der Waals surface area contributed by atoms with Crippen LogP contribution in [0.4, 0.5) is 0 Å². The molecule has 1 aromatic heterocycles. The first-order valence-electron chi connectivity index (χ1n) is 4.47. The molecule has 0 aliphatic carbocycles. The second-order valence-corrected chi connectivity index (χ2v) is 10.4. The van der Waals surface area contributed by atoms with Crippen molar-refractivity contribution in [1.82, 2.24) is 0 Å². The summed E-state index contributed by atoms with van der Waals surface area (Å²) < 4.78 is -1.11. The fourth-order valence-corrected chi connectivity index (χ4v) is 5.05. The van der Waals surface area contributed by atoms with Gasteiger partial charge in [0.05, 0.1) is 0 Å². The van der Waals surface area contributed by atoms with Gasteiger partial charge in [0, 0.05) is 0 Å². The van der Waals surface area contributed by atoms with Gasteiger partial charge in [0.1, 0.15) is 0 Å². The summed E-state index contributed by atoms with van der Waals surface area (Å²) in [5.74, 6) is 0. The SMILES string of the molecule is Cl[B-](Cl)(Cl)[n+]1[se][n+]([B-](Cl)(Cl)Cl)c2ccccc21. The van der Waals surface area contributed by atoms with E-state index in [-0.39, 0.29) is 15.0 Å². The molecular weight excluding hydrogens is 413 g/mol. The first kappa shape index (κ1) is 14.6. The van der Waals surface area contributed by atoms with Crippen molar-refractivity contribution in [1.29, 1.82) is 0 Å². The van der Waals surface area contributed by atoms with Gasteiger partial charge >= 0.3 is 135 Å². The van der Waals surface area contributed by atoms with Crippen molar-refractivity contribution in [2.75, 3.05) is 0 Å². The molecule has 2 rings (SSSR count). The average Bonchev–Trinajstić information content (AvgIpc) is 2.55. The molecule has 0 fully saturated rings. The van der Waals surface area contributed by atoms with Crippen LogP contribution in [0, 0.1) is 0 Å². The Hall–Kier alpha value is 1.21. The molecule has 0 amide bonds. The second kappa shape index (κ2) is 4.95. The Morgan fingerprint density at radius 1 is 0.765 bits per heavy atom. The summed E-state index contributed by atoms with van der Waals surface area (Å²) in [6.45, 7) is 0. The van der Waals surface area contributed by atoms with Gasteiger partial charge in [0.25, 0.3) is 0 Å². The van der Waals surface area contributed by atoms with Crippen LogP contribution in [0.3, 0.4) is 0 Å². The third-order valence-electron chi connectivity index (χ3n) is 2.06. The fraction of sp³-hybridized carbons (Fsp3) is 0. The number of hydrogen-bond donors (Lipinski definition) is 0. The summed E-state index contributed by atoms with van der Waals surface area (Å²) in [4.78, 5) is 0. The second-order valence-electron chi connectivity index (χ2n) is 3.30. The van der Waals surface area contributed by atoms with Crippen molar-refractivity contribution >= 4 is 104 Å². The summed E-state index contributed by atoms with van der Waals surface area (Å²) in [6.07, 6.45) is 0. The van der Waals surface area contributed by atoms with Gasteiger partial charge in [0.2, 0.25) is 0 Å². The van der Waals surface area contributed by atoms with Gasteiger partial charge in [-0.1, -0.05) is 0 Å². The zero-order valence-electron chi connectivity index (χ0n) is 8.03. The first-order chi connectivity index (χ1) is 7.71. The third-order valence-corrected chi connectivity index (χ3v) is 7.70. The third kappa shape index (κ3) is 3.04. The van der Waals surface area contributed by atoms with Gasteiger partial charge < -0.3 is 0 Å². The van der Waals surface area contributed by atoms with Gasteiger partial charge in [0.15, 0.2) is 0 Å². The summed E-state index contributed by atoms with van der Waals surface area (Å²) in [6, 6.07) is 7.38. The average molecular weight is 417 g/mol. The molecule has 2 aromatic rings. The number of para-hydroxylation sites is 2. The minimum atomic E-state index is -2.22. The van der Waals surface area contributed by atoms with Crippen molar-refractivity contribution in [2.24, 2.45) is 0 Å². The van der Waals surface area contributed by atoms with Crippen LogP contribution in [0.2, 0.25) is 0 Å². The van der Waals surface area contributed by atoms with E-state index in [4.69, 9.17) is 68.8 Å². The van der Waals surface area contributed by atoms with Crippen LogP contribution in [-0.4, -0.2) is 24.0 Å².